The molecular weight excluding hydrogens is 367 g/mol. The Kier molecular flexibility index (Phi) is 6.89. The molecule has 1 aromatic heterocycles. The maximum absolute atomic E-state index is 12.8. The van der Waals surface area contributed by atoms with Crippen LogP contribution in [0.4, 0.5) is 4.39 Å². The predicted molar refractivity (Wildman–Crippen MR) is 93.6 cm³/mol. The minimum absolute atomic E-state index is 0.0547. The maximum Gasteiger partial charge on any atom is 0.221 e. The Morgan fingerprint density at radius 3 is 2.72 bits per heavy atom. The average Bonchev–Trinajstić information content (AvgIpc) is 2.99. The molecule has 0 saturated carbocycles. The van der Waals surface area contributed by atoms with Gasteiger partial charge < -0.3 is 10.1 Å². The van der Waals surface area contributed by atoms with E-state index in [2.05, 4.69) is 10.3 Å². The quantitative estimate of drug-likeness (QED) is 0.715. The first-order valence-corrected chi connectivity index (χ1v) is 10.4. The minimum atomic E-state index is -3.41. The molecule has 1 heterocycles. The number of carbonyl (C=O) groups is 1. The molecule has 0 spiro atoms. The zero-order chi connectivity index (χ0) is 18.3. The van der Waals surface area contributed by atoms with Crippen LogP contribution in [0.15, 0.2) is 29.6 Å². The summed E-state index contributed by atoms with van der Waals surface area (Å²) >= 11 is 1.29. The number of aromatic nitrogens is 1. The van der Waals surface area contributed by atoms with Crippen LogP contribution >= 0.6 is 11.3 Å². The Labute approximate surface area is 150 Å². The van der Waals surface area contributed by atoms with E-state index >= 15 is 0 Å². The summed E-state index contributed by atoms with van der Waals surface area (Å²) in [4.78, 5) is 15.6. The Balaban J connectivity index is 1.85. The van der Waals surface area contributed by atoms with Crippen molar-refractivity contribution in [2.45, 2.75) is 25.7 Å². The van der Waals surface area contributed by atoms with Gasteiger partial charge in [0.2, 0.25) is 5.91 Å². The molecule has 0 radical (unpaired) electrons. The van der Waals surface area contributed by atoms with Crippen molar-refractivity contribution >= 4 is 27.1 Å². The van der Waals surface area contributed by atoms with Gasteiger partial charge in [0.15, 0.2) is 9.84 Å². The molecule has 25 heavy (non-hydrogen) atoms. The lowest BCUT2D eigenvalue weighted by atomic mass is 10.3. The highest BCUT2D eigenvalue weighted by Gasteiger charge is 2.16. The van der Waals surface area contributed by atoms with E-state index in [1.54, 1.807) is 12.3 Å². The fourth-order valence-electron chi connectivity index (χ4n) is 1.99. The zero-order valence-corrected chi connectivity index (χ0v) is 15.3. The van der Waals surface area contributed by atoms with Crippen molar-refractivity contribution in [2.75, 3.05) is 12.3 Å². The van der Waals surface area contributed by atoms with Crippen LogP contribution < -0.4 is 10.1 Å². The first kappa shape index (κ1) is 19.3. The lowest BCUT2D eigenvalue weighted by Gasteiger charge is -2.04. The molecule has 2 aromatic rings. The third-order valence-electron chi connectivity index (χ3n) is 3.16. The van der Waals surface area contributed by atoms with Gasteiger partial charge in [-0.1, -0.05) is 0 Å². The molecule has 1 aromatic carbocycles. The number of amides is 1. The van der Waals surface area contributed by atoms with Crippen LogP contribution in [-0.2, 0) is 27.0 Å². The van der Waals surface area contributed by atoms with E-state index in [9.17, 15) is 17.6 Å². The predicted octanol–water partition coefficient (Wildman–Crippen LogP) is 2.30. The third kappa shape index (κ3) is 6.79. The number of carbonyl (C=O) groups excluding carboxylic acids is 1. The molecule has 0 atom stereocenters. The molecule has 0 aliphatic carbocycles. The van der Waals surface area contributed by atoms with Gasteiger partial charge in [0.1, 0.15) is 23.2 Å². The van der Waals surface area contributed by atoms with Crippen LogP contribution in [0.1, 0.15) is 24.0 Å². The number of ether oxygens (including phenoxy) is 1. The molecule has 1 N–H and O–H groups in total. The van der Waals surface area contributed by atoms with Crippen molar-refractivity contribution in [3.8, 4) is 5.75 Å². The number of sulfone groups is 1. The van der Waals surface area contributed by atoms with E-state index in [-0.39, 0.29) is 36.3 Å². The van der Waals surface area contributed by atoms with Gasteiger partial charge in [-0.3, -0.25) is 4.79 Å². The van der Waals surface area contributed by atoms with Crippen LogP contribution in [0.25, 0.3) is 0 Å². The minimum Gasteiger partial charge on any atom is -0.486 e. The van der Waals surface area contributed by atoms with E-state index < -0.39 is 9.84 Å². The Hall–Kier alpha value is -2.00. The largest absolute Gasteiger partial charge is 0.486 e. The van der Waals surface area contributed by atoms with Crippen molar-refractivity contribution in [1.29, 1.82) is 0 Å². The molecule has 0 saturated heterocycles. The summed E-state index contributed by atoms with van der Waals surface area (Å²) in [5.41, 5.74) is 0.429. The smallest absolute Gasteiger partial charge is 0.221 e. The van der Waals surface area contributed by atoms with Gasteiger partial charge in [-0.05, 0) is 31.2 Å². The Bertz CT molecular complexity index is 804. The molecule has 0 fully saturated rings. The third-order valence-corrected chi connectivity index (χ3v) is 5.59. The number of nitrogens with zero attached hydrogens (tertiary/aromatic N) is 1. The molecular formula is C16H19FN2O4S2. The van der Waals surface area contributed by atoms with Gasteiger partial charge in [0.25, 0.3) is 0 Å². The van der Waals surface area contributed by atoms with E-state index in [1.165, 1.54) is 35.6 Å². The van der Waals surface area contributed by atoms with Gasteiger partial charge in [0, 0.05) is 18.3 Å². The summed E-state index contributed by atoms with van der Waals surface area (Å²) in [5, 5.41) is 4.85. The number of nitrogens with one attached hydrogen (secondary N) is 1. The molecule has 0 unspecified atom stereocenters. The highest BCUT2D eigenvalue weighted by molar-refractivity contribution is 7.90. The SMILES string of the molecule is CCNC(=O)CCS(=O)(=O)Cc1csc(COc2ccc(F)cc2)n1. The zero-order valence-electron chi connectivity index (χ0n) is 13.7. The molecule has 9 heteroatoms. The van der Waals surface area contributed by atoms with Crippen molar-refractivity contribution < 1.29 is 22.3 Å². The first-order valence-electron chi connectivity index (χ1n) is 7.66. The first-order chi connectivity index (χ1) is 11.9. The van der Waals surface area contributed by atoms with Crippen molar-refractivity contribution in [1.82, 2.24) is 10.3 Å². The topological polar surface area (TPSA) is 85.4 Å². The number of thiazole rings is 1. The second kappa shape index (κ2) is 8.91. The summed E-state index contributed by atoms with van der Waals surface area (Å²) < 4.78 is 42.4. The van der Waals surface area contributed by atoms with Crippen LogP contribution in [0.3, 0.4) is 0 Å². The van der Waals surface area contributed by atoms with Gasteiger partial charge in [-0.15, -0.1) is 11.3 Å². The highest BCUT2D eigenvalue weighted by Crippen LogP contribution is 2.17. The summed E-state index contributed by atoms with van der Waals surface area (Å²) in [6.07, 6.45) is -0.0547. The molecule has 6 nitrogen and oxygen atoms in total. The van der Waals surface area contributed by atoms with Gasteiger partial charge in [-0.25, -0.2) is 17.8 Å². The maximum atomic E-state index is 12.8. The lowest BCUT2D eigenvalue weighted by Crippen LogP contribution is -2.25. The molecule has 1 amide bonds. The normalized spacial score (nSPS) is 11.3. The molecule has 136 valence electrons. The van der Waals surface area contributed by atoms with Gasteiger partial charge >= 0.3 is 0 Å². The lowest BCUT2D eigenvalue weighted by molar-refractivity contribution is -0.120. The van der Waals surface area contributed by atoms with Crippen LogP contribution in [0.5, 0.6) is 5.75 Å². The number of rotatable bonds is 9. The average molecular weight is 386 g/mol. The van der Waals surface area contributed by atoms with E-state index in [0.29, 0.717) is 23.0 Å². The number of hydrogen-bond donors (Lipinski definition) is 1. The van der Waals surface area contributed by atoms with E-state index in [0.717, 1.165) is 0 Å². The van der Waals surface area contributed by atoms with E-state index in [1.807, 2.05) is 0 Å². The van der Waals surface area contributed by atoms with Crippen LogP contribution in [-0.4, -0.2) is 31.6 Å². The van der Waals surface area contributed by atoms with E-state index in [4.69, 9.17) is 4.74 Å². The molecule has 0 bridgehead atoms. The Morgan fingerprint density at radius 1 is 1.32 bits per heavy atom. The summed E-state index contributed by atoms with van der Waals surface area (Å²) in [6.45, 7) is 2.43. The summed E-state index contributed by atoms with van der Waals surface area (Å²) in [5.74, 6) is -0.538. The van der Waals surface area contributed by atoms with Crippen LogP contribution in [0, 0.1) is 5.82 Å². The Morgan fingerprint density at radius 2 is 2.04 bits per heavy atom. The number of hydrogen-bond acceptors (Lipinski definition) is 6. The number of halogens is 1. The van der Waals surface area contributed by atoms with Crippen LogP contribution in [0.2, 0.25) is 0 Å². The highest BCUT2D eigenvalue weighted by atomic mass is 32.2. The fourth-order valence-corrected chi connectivity index (χ4v) is 4.04. The summed E-state index contributed by atoms with van der Waals surface area (Å²) in [6, 6.07) is 5.61. The monoisotopic (exact) mass is 386 g/mol. The van der Waals surface area contributed by atoms with Crippen molar-refractivity contribution in [3.05, 3.63) is 46.2 Å². The second-order valence-electron chi connectivity index (χ2n) is 5.27. The number of benzene rings is 1. The standard InChI is InChI=1S/C16H19FN2O4S2/c1-2-18-15(20)7-8-25(21,22)11-13-10-24-16(19-13)9-23-14-5-3-12(17)4-6-14/h3-6,10H,2,7-9,11H2,1H3,(H,18,20). The molecule has 2 rings (SSSR count). The molecule has 0 aliphatic heterocycles. The van der Waals surface area contributed by atoms with Crippen molar-refractivity contribution in [2.24, 2.45) is 0 Å². The molecule has 0 aliphatic rings. The van der Waals surface area contributed by atoms with Gasteiger partial charge in [0.05, 0.1) is 17.2 Å². The fraction of sp³-hybridized carbons (Fsp3) is 0.375. The van der Waals surface area contributed by atoms with Crippen molar-refractivity contribution in [3.63, 3.8) is 0 Å². The summed E-state index contributed by atoms with van der Waals surface area (Å²) in [7, 11) is -3.41. The van der Waals surface area contributed by atoms with Gasteiger partial charge in [-0.2, -0.15) is 0 Å². The second-order valence-corrected chi connectivity index (χ2v) is 8.40.